The third-order valence-electron chi connectivity index (χ3n) is 3.86. The Hall–Kier alpha value is -2.08. The number of carbonyl (C=O) groups excluding carboxylic acids is 1. The SMILES string of the molecule is COc1cccc(CN2CCN(c3ccc(Br)cc3)C2=O)c1F. The van der Waals surface area contributed by atoms with E-state index in [1.165, 1.54) is 7.11 Å². The molecule has 0 atom stereocenters. The molecule has 2 aromatic carbocycles. The average molecular weight is 379 g/mol. The van der Waals surface area contributed by atoms with E-state index in [-0.39, 0.29) is 18.3 Å². The number of halogens is 2. The van der Waals surface area contributed by atoms with Crippen LogP contribution in [0.15, 0.2) is 46.9 Å². The van der Waals surface area contributed by atoms with Crippen molar-refractivity contribution in [3.8, 4) is 5.75 Å². The highest BCUT2D eigenvalue weighted by atomic mass is 79.9. The highest BCUT2D eigenvalue weighted by Crippen LogP contribution is 2.26. The fourth-order valence-corrected chi connectivity index (χ4v) is 2.90. The second-order valence-corrected chi connectivity index (χ2v) is 6.18. The van der Waals surface area contributed by atoms with Gasteiger partial charge in [0.05, 0.1) is 13.7 Å². The van der Waals surface area contributed by atoms with Gasteiger partial charge in [-0.15, -0.1) is 0 Å². The van der Waals surface area contributed by atoms with Crippen LogP contribution in [0, 0.1) is 5.82 Å². The molecule has 0 aliphatic carbocycles. The maximum absolute atomic E-state index is 14.2. The zero-order valence-corrected chi connectivity index (χ0v) is 14.2. The van der Waals surface area contributed by atoms with Crippen molar-refractivity contribution in [3.63, 3.8) is 0 Å². The van der Waals surface area contributed by atoms with Crippen LogP contribution >= 0.6 is 15.9 Å². The standard InChI is InChI=1S/C17H16BrFN2O2/c1-23-15-4-2-3-12(16(15)19)11-20-9-10-21(17(20)22)14-7-5-13(18)6-8-14/h2-8H,9-11H2,1H3. The molecule has 1 fully saturated rings. The Morgan fingerprint density at radius 1 is 1.17 bits per heavy atom. The fraction of sp³-hybridized carbons (Fsp3) is 0.235. The van der Waals surface area contributed by atoms with Crippen molar-refractivity contribution >= 4 is 27.6 Å². The largest absolute Gasteiger partial charge is 0.494 e. The summed E-state index contributed by atoms with van der Waals surface area (Å²) in [5.74, 6) is -0.219. The van der Waals surface area contributed by atoms with Gasteiger partial charge in [0.15, 0.2) is 11.6 Å². The maximum atomic E-state index is 14.2. The topological polar surface area (TPSA) is 32.8 Å². The van der Waals surface area contributed by atoms with Crippen molar-refractivity contribution in [3.05, 3.63) is 58.3 Å². The monoisotopic (exact) mass is 378 g/mol. The minimum atomic E-state index is -0.412. The molecule has 120 valence electrons. The Kier molecular flexibility index (Phi) is 4.52. The zero-order valence-electron chi connectivity index (χ0n) is 12.6. The van der Waals surface area contributed by atoms with Crippen molar-refractivity contribution in [2.45, 2.75) is 6.54 Å². The Labute approximate surface area is 142 Å². The molecule has 0 radical (unpaired) electrons. The number of methoxy groups -OCH3 is 1. The van der Waals surface area contributed by atoms with Crippen molar-refractivity contribution in [2.24, 2.45) is 0 Å². The van der Waals surface area contributed by atoms with Gasteiger partial charge in [0.2, 0.25) is 0 Å². The summed E-state index contributed by atoms with van der Waals surface area (Å²) in [7, 11) is 1.43. The van der Waals surface area contributed by atoms with Gasteiger partial charge in [-0.2, -0.15) is 0 Å². The maximum Gasteiger partial charge on any atom is 0.324 e. The summed E-state index contributed by atoms with van der Waals surface area (Å²) in [4.78, 5) is 15.9. The van der Waals surface area contributed by atoms with Gasteiger partial charge in [-0.1, -0.05) is 28.1 Å². The van der Waals surface area contributed by atoms with Crippen LogP contribution in [0.3, 0.4) is 0 Å². The molecule has 1 aliphatic heterocycles. The van der Waals surface area contributed by atoms with Gasteiger partial charge in [-0.05, 0) is 30.3 Å². The molecule has 2 amide bonds. The number of benzene rings is 2. The molecular weight excluding hydrogens is 363 g/mol. The highest BCUT2D eigenvalue weighted by molar-refractivity contribution is 9.10. The predicted octanol–water partition coefficient (Wildman–Crippen LogP) is 4.04. The third-order valence-corrected chi connectivity index (χ3v) is 4.39. The molecule has 0 saturated carbocycles. The summed E-state index contributed by atoms with van der Waals surface area (Å²) in [6.07, 6.45) is 0. The van der Waals surface area contributed by atoms with Gasteiger partial charge < -0.3 is 9.64 Å². The Bertz CT molecular complexity index is 721. The van der Waals surface area contributed by atoms with E-state index in [9.17, 15) is 9.18 Å². The lowest BCUT2D eigenvalue weighted by Crippen LogP contribution is -2.31. The first kappa shape index (κ1) is 15.8. The molecule has 0 unspecified atom stereocenters. The van der Waals surface area contributed by atoms with Crippen LogP contribution in [0.4, 0.5) is 14.9 Å². The zero-order chi connectivity index (χ0) is 16.4. The van der Waals surface area contributed by atoms with E-state index in [0.717, 1.165) is 10.2 Å². The van der Waals surface area contributed by atoms with Crippen LogP contribution in [0.5, 0.6) is 5.75 Å². The Balaban J connectivity index is 1.76. The van der Waals surface area contributed by atoms with Gasteiger partial charge in [0.25, 0.3) is 0 Å². The highest BCUT2D eigenvalue weighted by Gasteiger charge is 2.30. The van der Waals surface area contributed by atoms with Crippen molar-refractivity contribution in [1.82, 2.24) is 4.90 Å². The van der Waals surface area contributed by atoms with Crippen molar-refractivity contribution < 1.29 is 13.9 Å². The van der Waals surface area contributed by atoms with Crippen LogP contribution in [0.1, 0.15) is 5.56 Å². The molecule has 0 aromatic heterocycles. The third kappa shape index (κ3) is 3.17. The number of rotatable bonds is 4. The fourth-order valence-electron chi connectivity index (χ4n) is 2.63. The number of urea groups is 1. The molecular formula is C17H16BrFN2O2. The van der Waals surface area contributed by atoms with Crippen LogP contribution in [0.2, 0.25) is 0 Å². The minimum absolute atomic E-state index is 0.116. The first-order valence-electron chi connectivity index (χ1n) is 7.23. The first-order chi connectivity index (χ1) is 11.1. The van der Waals surface area contributed by atoms with E-state index in [2.05, 4.69) is 15.9 Å². The summed E-state index contributed by atoms with van der Waals surface area (Å²) in [5, 5.41) is 0. The van der Waals surface area contributed by atoms with Crippen LogP contribution < -0.4 is 9.64 Å². The van der Waals surface area contributed by atoms with Crippen LogP contribution in [0.25, 0.3) is 0 Å². The summed E-state index contributed by atoms with van der Waals surface area (Å²) in [6.45, 7) is 1.38. The van der Waals surface area contributed by atoms with E-state index >= 15 is 0 Å². The summed E-state index contributed by atoms with van der Waals surface area (Å²) in [5.41, 5.74) is 1.29. The molecule has 1 aliphatic rings. The van der Waals surface area contributed by atoms with E-state index in [4.69, 9.17) is 4.74 Å². The number of nitrogens with zero attached hydrogens (tertiary/aromatic N) is 2. The molecule has 2 aromatic rings. The lowest BCUT2D eigenvalue weighted by Gasteiger charge is -2.19. The second-order valence-electron chi connectivity index (χ2n) is 5.27. The molecule has 1 heterocycles. The predicted molar refractivity (Wildman–Crippen MR) is 90.2 cm³/mol. The summed E-state index contributed by atoms with van der Waals surface area (Å²) in [6, 6.07) is 12.4. The molecule has 0 spiro atoms. The van der Waals surface area contributed by atoms with E-state index in [1.807, 2.05) is 24.3 Å². The van der Waals surface area contributed by atoms with E-state index in [0.29, 0.717) is 18.7 Å². The van der Waals surface area contributed by atoms with Gasteiger partial charge in [0.1, 0.15) is 0 Å². The van der Waals surface area contributed by atoms with Crippen molar-refractivity contribution in [2.75, 3.05) is 25.1 Å². The number of hydrogen-bond acceptors (Lipinski definition) is 2. The van der Waals surface area contributed by atoms with Gasteiger partial charge in [-0.25, -0.2) is 9.18 Å². The van der Waals surface area contributed by atoms with Gasteiger partial charge in [0, 0.05) is 28.8 Å². The minimum Gasteiger partial charge on any atom is -0.494 e. The average Bonchev–Trinajstić information content (AvgIpc) is 2.91. The van der Waals surface area contributed by atoms with Crippen molar-refractivity contribution in [1.29, 1.82) is 0 Å². The number of ether oxygens (including phenoxy) is 1. The second kappa shape index (κ2) is 6.58. The van der Waals surface area contributed by atoms with E-state index in [1.54, 1.807) is 28.0 Å². The molecule has 6 heteroatoms. The van der Waals surface area contributed by atoms with Gasteiger partial charge in [-0.3, -0.25) is 4.90 Å². The molecule has 0 N–H and O–H groups in total. The van der Waals surface area contributed by atoms with E-state index < -0.39 is 5.82 Å². The number of carbonyl (C=O) groups is 1. The lowest BCUT2D eigenvalue weighted by molar-refractivity contribution is 0.218. The number of amides is 2. The van der Waals surface area contributed by atoms with Crippen LogP contribution in [-0.2, 0) is 6.54 Å². The normalized spacial score (nSPS) is 14.5. The van der Waals surface area contributed by atoms with Crippen LogP contribution in [-0.4, -0.2) is 31.1 Å². The summed E-state index contributed by atoms with van der Waals surface area (Å²) >= 11 is 3.38. The quantitative estimate of drug-likeness (QED) is 0.804. The smallest absolute Gasteiger partial charge is 0.324 e. The molecule has 0 bridgehead atoms. The molecule has 1 saturated heterocycles. The summed E-state index contributed by atoms with van der Waals surface area (Å²) < 4.78 is 20.2. The number of hydrogen-bond donors (Lipinski definition) is 0. The molecule has 23 heavy (non-hydrogen) atoms. The first-order valence-corrected chi connectivity index (χ1v) is 8.03. The Morgan fingerprint density at radius 3 is 2.61 bits per heavy atom. The van der Waals surface area contributed by atoms with Gasteiger partial charge >= 0.3 is 6.03 Å². The molecule has 4 nitrogen and oxygen atoms in total. The lowest BCUT2D eigenvalue weighted by atomic mass is 10.2. The molecule has 3 rings (SSSR count). The Morgan fingerprint density at radius 2 is 1.91 bits per heavy atom. The number of anilines is 1.